The van der Waals surface area contributed by atoms with Gasteiger partial charge in [0, 0.05) is 37.7 Å². The molecule has 4 rings (SSSR count). The van der Waals surface area contributed by atoms with Crippen molar-refractivity contribution in [1.29, 1.82) is 0 Å². The third-order valence-electron chi connectivity index (χ3n) is 12.3. The van der Waals surface area contributed by atoms with Gasteiger partial charge in [0.1, 0.15) is 47.0 Å². The lowest BCUT2D eigenvalue weighted by Gasteiger charge is -2.33. The van der Waals surface area contributed by atoms with Gasteiger partial charge in [0.05, 0.1) is 18.8 Å². The summed E-state index contributed by atoms with van der Waals surface area (Å²) in [7, 11) is 0. The van der Waals surface area contributed by atoms with Crippen molar-refractivity contribution in [3.63, 3.8) is 0 Å². The number of nitrogens with one attached hydrogen (secondary N) is 8. The molecule has 2 aromatic carbocycles. The molecule has 74 heavy (non-hydrogen) atoms. The Bertz CT molecular complexity index is 2460. The third kappa shape index (κ3) is 17.9. The van der Waals surface area contributed by atoms with Crippen molar-refractivity contribution in [2.24, 2.45) is 28.1 Å². The molecule has 25 heteroatoms. The summed E-state index contributed by atoms with van der Waals surface area (Å²) in [6, 6.07) is 6.13. The Hall–Kier alpha value is -8.09. The SMILES string of the molecule is CC(C)[C@H](NC(=O)[C@H](Cc1ccc(O)cc1)NC(=O)C1(NC(=O)[C@H](CCCN=C(N)N)NC(=O)[C@@H](N)CC(=O)O)CCCC1)C(=O)N[C@@H](Cc1cnc[nH]1)C(=O)NC(C)(C)C(=O)N[C@@H](Cc1ccccc1)C(=O)O. The van der Waals surface area contributed by atoms with Gasteiger partial charge in [-0.1, -0.05) is 69.2 Å². The van der Waals surface area contributed by atoms with Gasteiger partial charge < -0.3 is 74.7 Å². The molecule has 1 aliphatic rings. The first kappa shape index (κ1) is 58.5. The van der Waals surface area contributed by atoms with Gasteiger partial charge >= 0.3 is 11.9 Å². The zero-order valence-electron chi connectivity index (χ0n) is 41.8. The van der Waals surface area contributed by atoms with Gasteiger partial charge in [0.15, 0.2) is 5.96 Å². The molecule has 0 aliphatic heterocycles. The van der Waals surface area contributed by atoms with Crippen molar-refractivity contribution in [1.82, 2.24) is 47.2 Å². The van der Waals surface area contributed by atoms with E-state index in [1.165, 1.54) is 50.6 Å². The van der Waals surface area contributed by atoms with Crippen molar-refractivity contribution >= 4 is 59.2 Å². The number of aromatic amines is 1. The number of rotatable bonds is 28. The number of H-pyrrole nitrogens is 1. The molecule has 1 aliphatic carbocycles. The van der Waals surface area contributed by atoms with Crippen molar-refractivity contribution in [3.8, 4) is 5.75 Å². The van der Waals surface area contributed by atoms with Gasteiger partial charge in [0.2, 0.25) is 41.4 Å². The van der Waals surface area contributed by atoms with Crippen molar-refractivity contribution in [3.05, 3.63) is 83.9 Å². The van der Waals surface area contributed by atoms with E-state index in [-0.39, 0.29) is 63.2 Å². The zero-order valence-corrected chi connectivity index (χ0v) is 41.8. The molecule has 1 aromatic heterocycles. The summed E-state index contributed by atoms with van der Waals surface area (Å²) >= 11 is 0. The fourth-order valence-electron chi connectivity index (χ4n) is 8.13. The molecule has 0 bridgehead atoms. The van der Waals surface area contributed by atoms with Gasteiger partial charge in [-0.15, -0.1) is 0 Å². The minimum atomic E-state index is -1.71. The lowest BCUT2D eigenvalue weighted by atomic mass is 9.93. The highest BCUT2D eigenvalue weighted by molar-refractivity contribution is 6.00. The summed E-state index contributed by atoms with van der Waals surface area (Å²) < 4.78 is 0. The van der Waals surface area contributed by atoms with Crippen molar-refractivity contribution < 1.29 is 58.5 Å². The normalized spacial score (nSPS) is 15.4. The number of carbonyl (C=O) groups is 9. The number of aromatic nitrogens is 2. The molecule has 0 unspecified atom stereocenters. The minimum absolute atomic E-state index is 0.0383. The van der Waals surface area contributed by atoms with Crippen molar-refractivity contribution in [2.45, 2.75) is 139 Å². The fraction of sp³-hybridized carbons (Fsp3) is 0.490. The standard InChI is InChI=1S/C49H69N13O12/c1-27(2)38(43(70)57-35(23-30-25-53-26-55-30)42(69)61-48(3,4)45(73)59-36(44(71)72)22-28-11-6-5-7-12-28)60-40(67)34(21-29-14-16-31(63)17-15-29)58-46(74)49(18-8-9-19-49)62-41(68)33(13-10-20-54-47(51)52)56-39(66)32(50)24-37(64)65/h5-7,11-12,14-17,25-27,32-36,38,63H,8-10,13,18-24,50H2,1-4H3,(H,53,55)(H,56,66)(H,57,70)(H,58,74)(H,59,73)(H,60,67)(H,61,69)(H,62,68)(H,64,65)(H,71,72)(H4,51,52,54)/t32-,33-,34-,35-,36-,38-/m0/s1. The molecule has 0 radical (unpaired) electrons. The number of carbonyl (C=O) groups excluding carboxylic acids is 7. The van der Waals surface area contributed by atoms with Crippen LogP contribution in [0.2, 0.25) is 0 Å². The van der Waals surface area contributed by atoms with Gasteiger partial charge in [-0.2, -0.15) is 0 Å². The van der Waals surface area contributed by atoms with Crippen LogP contribution in [0.5, 0.6) is 5.75 Å². The van der Waals surface area contributed by atoms with E-state index < -0.39 is 113 Å². The topological polar surface area (TPSA) is 418 Å². The van der Waals surface area contributed by atoms with Crippen LogP contribution < -0.4 is 54.4 Å². The lowest BCUT2D eigenvalue weighted by molar-refractivity contribution is -0.143. The van der Waals surface area contributed by atoms with E-state index in [2.05, 4.69) is 52.2 Å². The number of hydrogen-bond donors (Lipinski definition) is 14. The maximum atomic E-state index is 14.6. The molecule has 402 valence electrons. The van der Waals surface area contributed by atoms with Crippen LogP contribution in [0.1, 0.15) is 89.5 Å². The number of aliphatic imine (C=N–C) groups is 1. The summed E-state index contributed by atoms with van der Waals surface area (Å²) in [5.41, 5.74) is 14.9. The highest BCUT2D eigenvalue weighted by Crippen LogP contribution is 2.31. The Labute approximate surface area is 427 Å². The summed E-state index contributed by atoms with van der Waals surface area (Å²) in [5.74, 6) is -9.38. The average molecular weight is 1030 g/mol. The number of phenolic OH excluding ortho intramolecular Hbond substituents is 1. The van der Waals surface area contributed by atoms with Gasteiger partial charge in [0.25, 0.3) is 0 Å². The first-order valence-corrected chi connectivity index (χ1v) is 24.1. The van der Waals surface area contributed by atoms with E-state index in [1.807, 2.05) is 0 Å². The number of amides is 7. The Kier molecular flexibility index (Phi) is 21.4. The van der Waals surface area contributed by atoms with E-state index in [4.69, 9.17) is 17.2 Å². The van der Waals surface area contributed by atoms with E-state index >= 15 is 0 Å². The van der Waals surface area contributed by atoms with E-state index in [9.17, 15) is 58.5 Å². The molecule has 1 heterocycles. The second-order valence-electron chi connectivity index (χ2n) is 19.1. The number of carboxylic acid groups (broad SMARTS) is 2. The van der Waals surface area contributed by atoms with Crippen LogP contribution >= 0.6 is 0 Å². The predicted molar refractivity (Wildman–Crippen MR) is 268 cm³/mol. The Morgan fingerprint density at radius 3 is 1.93 bits per heavy atom. The molecule has 1 fully saturated rings. The van der Waals surface area contributed by atoms with E-state index in [0.717, 1.165) is 0 Å². The Morgan fingerprint density at radius 1 is 0.743 bits per heavy atom. The molecule has 17 N–H and O–H groups in total. The zero-order chi connectivity index (χ0) is 54.8. The molecule has 0 spiro atoms. The second kappa shape index (κ2) is 27.1. The van der Waals surface area contributed by atoms with Crippen molar-refractivity contribution in [2.75, 3.05) is 6.54 Å². The Morgan fingerprint density at radius 2 is 1.35 bits per heavy atom. The number of carboxylic acids is 2. The maximum Gasteiger partial charge on any atom is 0.326 e. The average Bonchev–Trinajstić information content (AvgIpc) is 4.04. The molecule has 1 saturated carbocycles. The molecule has 0 saturated heterocycles. The summed E-state index contributed by atoms with van der Waals surface area (Å²) in [5, 5.41) is 47.6. The number of phenols is 1. The smallest absolute Gasteiger partial charge is 0.326 e. The predicted octanol–water partition coefficient (Wildman–Crippen LogP) is -1.51. The highest BCUT2D eigenvalue weighted by atomic mass is 16.4. The van der Waals surface area contributed by atoms with Crippen LogP contribution in [0, 0.1) is 5.92 Å². The van der Waals surface area contributed by atoms with Crippen LogP contribution in [0.4, 0.5) is 0 Å². The number of aromatic hydroxyl groups is 1. The number of nitrogens with zero attached hydrogens (tertiary/aromatic N) is 2. The molecule has 3 aromatic rings. The number of nitrogens with two attached hydrogens (primary N) is 3. The number of guanidine groups is 1. The fourth-order valence-corrected chi connectivity index (χ4v) is 8.13. The number of aliphatic carboxylic acids is 2. The van der Waals surface area contributed by atoms with Crippen LogP contribution in [0.3, 0.4) is 0 Å². The quantitative estimate of drug-likeness (QED) is 0.0223. The van der Waals surface area contributed by atoms with Gasteiger partial charge in [-0.25, -0.2) is 9.78 Å². The summed E-state index contributed by atoms with van der Waals surface area (Å²) in [6.07, 6.45) is 3.02. The Balaban J connectivity index is 1.57. The number of hydrogen-bond acceptors (Lipinski definition) is 13. The van der Waals surface area contributed by atoms with Crippen LogP contribution in [-0.4, -0.2) is 138 Å². The maximum absolute atomic E-state index is 14.6. The molecule has 7 amide bonds. The third-order valence-corrected chi connectivity index (χ3v) is 12.3. The largest absolute Gasteiger partial charge is 0.508 e. The van der Waals surface area contributed by atoms with Gasteiger partial charge in [-0.05, 0) is 68.7 Å². The van der Waals surface area contributed by atoms with Crippen LogP contribution in [-0.2, 0) is 62.4 Å². The number of benzene rings is 2. The van der Waals surface area contributed by atoms with Gasteiger partial charge in [-0.3, -0.25) is 43.3 Å². The lowest BCUT2D eigenvalue weighted by Crippen LogP contribution is -2.65. The second-order valence-corrected chi connectivity index (χ2v) is 19.1. The number of imidazole rings is 1. The molecule has 6 atom stereocenters. The molecular weight excluding hydrogens is 963 g/mol. The summed E-state index contributed by atoms with van der Waals surface area (Å²) in [4.78, 5) is 132. The first-order chi connectivity index (χ1) is 34.9. The monoisotopic (exact) mass is 1030 g/mol. The molecule has 25 nitrogen and oxygen atoms in total. The van der Waals surface area contributed by atoms with E-state index in [0.29, 0.717) is 29.7 Å². The highest BCUT2D eigenvalue weighted by Gasteiger charge is 2.45. The first-order valence-electron chi connectivity index (χ1n) is 24.1. The van der Waals surface area contributed by atoms with Crippen LogP contribution in [0.15, 0.2) is 72.1 Å². The minimum Gasteiger partial charge on any atom is -0.508 e. The summed E-state index contributed by atoms with van der Waals surface area (Å²) in [6.45, 7) is 6.07. The van der Waals surface area contributed by atoms with Crippen LogP contribution in [0.25, 0.3) is 0 Å². The van der Waals surface area contributed by atoms with E-state index in [1.54, 1.807) is 44.2 Å². The molecular formula is C49H69N13O12.